The van der Waals surface area contributed by atoms with Gasteiger partial charge in [0.25, 0.3) is 5.91 Å². The molecule has 7 nitrogen and oxygen atoms in total. The Hall–Kier alpha value is -3.29. The molecule has 1 aromatic carbocycles. The minimum atomic E-state index is -0.400. The quantitative estimate of drug-likeness (QED) is 0.698. The minimum Gasteiger partial charge on any atom is -0.352 e. The summed E-state index contributed by atoms with van der Waals surface area (Å²) in [5.41, 5.74) is 2.31. The van der Waals surface area contributed by atoms with Gasteiger partial charge in [-0.25, -0.2) is 9.07 Å². The molecular weight excluding hydrogens is 359 g/mol. The first-order valence-electron chi connectivity index (χ1n) is 9.18. The lowest BCUT2D eigenvalue weighted by Crippen LogP contribution is -2.49. The molecule has 0 bridgehead atoms. The van der Waals surface area contributed by atoms with Gasteiger partial charge >= 0.3 is 0 Å². The molecule has 0 radical (unpaired) electrons. The average molecular weight is 380 g/mol. The molecule has 3 heterocycles. The molecule has 3 aromatic rings. The average Bonchev–Trinajstić information content (AvgIpc) is 3.06. The number of benzene rings is 1. The van der Waals surface area contributed by atoms with Gasteiger partial charge < -0.3 is 9.80 Å². The number of carbonyl (C=O) groups is 1. The van der Waals surface area contributed by atoms with Crippen LogP contribution in [0.1, 0.15) is 21.7 Å². The van der Waals surface area contributed by atoms with Gasteiger partial charge in [-0.2, -0.15) is 5.10 Å². The van der Waals surface area contributed by atoms with E-state index in [0.29, 0.717) is 37.6 Å². The zero-order valence-corrected chi connectivity index (χ0v) is 15.8. The molecule has 0 atom stereocenters. The Labute approximate surface area is 162 Å². The highest BCUT2D eigenvalue weighted by molar-refractivity contribution is 5.94. The Balaban J connectivity index is 1.41. The molecule has 1 saturated heterocycles. The third kappa shape index (κ3) is 3.58. The third-order valence-corrected chi connectivity index (χ3v) is 4.83. The highest BCUT2D eigenvalue weighted by Crippen LogP contribution is 2.17. The standard InChI is InChI=1S/C20H21FN6O/c1-14-12-15(2)27(24-14)19-7-6-18(22-23-19)25-8-10-26(11-9-25)20(28)16-4-3-5-17(21)13-16/h3-7,12-13H,8-11H2,1-2H3. The Morgan fingerprint density at radius 1 is 0.964 bits per heavy atom. The van der Waals surface area contributed by atoms with Crippen LogP contribution < -0.4 is 4.90 Å². The second kappa shape index (κ2) is 7.38. The lowest BCUT2D eigenvalue weighted by atomic mass is 10.1. The maximum absolute atomic E-state index is 13.4. The van der Waals surface area contributed by atoms with Crippen LogP contribution in [0.2, 0.25) is 0 Å². The largest absolute Gasteiger partial charge is 0.352 e. The third-order valence-electron chi connectivity index (χ3n) is 4.83. The minimum absolute atomic E-state index is 0.148. The molecule has 0 N–H and O–H groups in total. The molecule has 1 aliphatic heterocycles. The monoisotopic (exact) mass is 380 g/mol. The smallest absolute Gasteiger partial charge is 0.254 e. The molecule has 1 amide bonds. The summed E-state index contributed by atoms with van der Waals surface area (Å²) in [6, 6.07) is 11.6. The van der Waals surface area contributed by atoms with Crippen molar-refractivity contribution in [3.63, 3.8) is 0 Å². The van der Waals surface area contributed by atoms with Gasteiger partial charge in [0.2, 0.25) is 0 Å². The van der Waals surface area contributed by atoms with E-state index in [0.717, 1.165) is 17.2 Å². The molecule has 144 valence electrons. The lowest BCUT2D eigenvalue weighted by Gasteiger charge is -2.35. The van der Waals surface area contributed by atoms with Gasteiger partial charge in [-0.3, -0.25) is 4.79 Å². The number of anilines is 1. The van der Waals surface area contributed by atoms with E-state index in [1.165, 1.54) is 12.1 Å². The van der Waals surface area contributed by atoms with Gasteiger partial charge in [0.15, 0.2) is 11.6 Å². The summed E-state index contributed by atoms with van der Waals surface area (Å²) in [6.07, 6.45) is 0. The fraction of sp³-hybridized carbons (Fsp3) is 0.300. The van der Waals surface area contributed by atoms with Crippen molar-refractivity contribution in [3.8, 4) is 5.82 Å². The first kappa shape index (κ1) is 18.1. The fourth-order valence-corrected chi connectivity index (χ4v) is 3.40. The highest BCUT2D eigenvalue weighted by atomic mass is 19.1. The molecule has 0 unspecified atom stereocenters. The molecule has 1 fully saturated rings. The Morgan fingerprint density at radius 3 is 2.29 bits per heavy atom. The van der Waals surface area contributed by atoms with E-state index >= 15 is 0 Å². The van der Waals surface area contributed by atoms with E-state index in [9.17, 15) is 9.18 Å². The second-order valence-corrected chi connectivity index (χ2v) is 6.88. The molecule has 0 aliphatic carbocycles. The highest BCUT2D eigenvalue weighted by Gasteiger charge is 2.23. The van der Waals surface area contributed by atoms with Crippen LogP contribution in [0.3, 0.4) is 0 Å². The van der Waals surface area contributed by atoms with Crippen LogP contribution in [-0.4, -0.2) is 57.0 Å². The van der Waals surface area contributed by atoms with Gasteiger partial charge in [0.1, 0.15) is 5.82 Å². The van der Waals surface area contributed by atoms with Crippen LogP contribution in [0.15, 0.2) is 42.5 Å². The van der Waals surface area contributed by atoms with Crippen molar-refractivity contribution in [2.45, 2.75) is 13.8 Å². The summed E-state index contributed by atoms with van der Waals surface area (Å²) >= 11 is 0. The van der Waals surface area contributed by atoms with Crippen molar-refractivity contribution in [2.24, 2.45) is 0 Å². The normalized spacial score (nSPS) is 14.4. The van der Waals surface area contributed by atoms with Gasteiger partial charge in [-0.15, -0.1) is 10.2 Å². The topological polar surface area (TPSA) is 67.2 Å². The summed E-state index contributed by atoms with van der Waals surface area (Å²) in [7, 11) is 0. The number of aryl methyl sites for hydroxylation is 2. The Morgan fingerprint density at radius 2 is 1.68 bits per heavy atom. The predicted octanol–water partition coefficient (Wildman–Crippen LogP) is 2.38. The number of carbonyl (C=O) groups excluding carboxylic acids is 1. The van der Waals surface area contributed by atoms with Crippen molar-refractivity contribution in [1.29, 1.82) is 0 Å². The van der Waals surface area contributed by atoms with Crippen molar-refractivity contribution in [1.82, 2.24) is 24.9 Å². The number of rotatable bonds is 3. The molecule has 0 spiro atoms. The van der Waals surface area contributed by atoms with E-state index in [1.807, 2.05) is 32.0 Å². The number of halogens is 1. The van der Waals surface area contributed by atoms with E-state index in [2.05, 4.69) is 20.2 Å². The van der Waals surface area contributed by atoms with E-state index in [4.69, 9.17) is 0 Å². The molecule has 2 aromatic heterocycles. The van der Waals surface area contributed by atoms with Gasteiger partial charge in [-0.05, 0) is 50.2 Å². The first-order valence-corrected chi connectivity index (χ1v) is 9.18. The number of nitrogens with zero attached hydrogens (tertiary/aromatic N) is 6. The number of hydrogen-bond donors (Lipinski definition) is 0. The molecule has 4 rings (SSSR count). The summed E-state index contributed by atoms with van der Waals surface area (Å²) < 4.78 is 15.1. The van der Waals surface area contributed by atoms with Crippen molar-refractivity contribution < 1.29 is 9.18 Å². The molecule has 28 heavy (non-hydrogen) atoms. The number of piperazine rings is 1. The predicted molar refractivity (Wildman–Crippen MR) is 103 cm³/mol. The van der Waals surface area contributed by atoms with Crippen LogP contribution >= 0.6 is 0 Å². The molecular formula is C20H21FN6O. The van der Waals surface area contributed by atoms with Gasteiger partial charge in [0.05, 0.1) is 5.69 Å². The molecule has 8 heteroatoms. The summed E-state index contributed by atoms with van der Waals surface area (Å²) in [5, 5.41) is 13.0. The van der Waals surface area contributed by atoms with Gasteiger partial charge in [0, 0.05) is 37.4 Å². The van der Waals surface area contributed by atoms with E-state index in [-0.39, 0.29) is 5.91 Å². The molecule has 0 saturated carbocycles. The number of amides is 1. The maximum Gasteiger partial charge on any atom is 0.254 e. The SMILES string of the molecule is Cc1cc(C)n(-c2ccc(N3CCN(C(=O)c4cccc(F)c4)CC3)nn2)n1. The molecule has 1 aliphatic rings. The Kier molecular flexibility index (Phi) is 4.77. The zero-order chi connectivity index (χ0) is 19.7. The summed E-state index contributed by atoms with van der Waals surface area (Å²) in [4.78, 5) is 16.4. The van der Waals surface area contributed by atoms with Crippen molar-refractivity contribution in [3.05, 3.63) is 65.2 Å². The lowest BCUT2D eigenvalue weighted by molar-refractivity contribution is 0.0746. The van der Waals surface area contributed by atoms with E-state index < -0.39 is 5.82 Å². The number of hydrogen-bond acceptors (Lipinski definition) is 5. The second-order valence-electron chi connectivity index (χ2n) is 6.88. The Bertz CT molecular complexity index is 992. The van der Waals surface area contributed by atoms with Crippen molar-refractivity contribution >= 4 is 11.7 Å². The van der Waals surface area contributed by atoms with E-state index in [1.54, 1.807) is 21.7 Å². The van der Waals surface area contributed by atoms with Crippen molar-refractivity contribution in [2.75, 3.05) is 31.1 Å². The van der Waals surface area contributed by atoms with Crippen LogP contribution in [-0.2, 0) is 0 Å². The van der Waals surface area contributed by atoms with Crippen LogP contribution in [0.4, 0.5) is 10.2 Å². The fourth-order valence-electron chi connectivity index (χ4n) is 3.40. The van der Waals surface area contributed by atoms with Crippen LogP contribution in [0.5, 0.6) is 0 Å². The van der Waals surface area contributed by atoms with Crippen LogP contribution in [0, 0.1) is 19.7 Å². The van der Waals surface area contributed by atoms with Gasteiger partial charge in [-0.1, -0.05) is 6.07 Å². The number of aromatic nitrogens is 4. The summed E-state index contributed by atoms with van der Waals surface area (Å²) in [6.45, 7) is 6.32. The maximum atomic E-state index is 13.4. The summed E-state index contributed by atoms with van der Waals surface area (Å²) in [5.74, 6) is 0.893. The van der Waals surface area contributed by atoms with Crippen LogP contribution in [0.25, 0.3) is 5.82 Å². The zero-order valence-electron chi connectivity index (χ0n) is 15.8. The first-order chi connectivity index (χ1) is 13.5.